The Labute approximate surface area is 135 Å². The predicted octanol–water partition coefficient (Wildman–Crippen LogP) is 6.22. The molecule has 0 amide bonds. The van der Waals surface area contributed by atoms with Crippen LogP contribution in [0.25, 0.3) is 5.57 Å². The minimum absolute atomic E-state index is 0.637. The maximum atomic E-state index is 2.39. The van der Waals surface area contributed by atoms with Crippen molar-refractivity contribution in [2.24, 2.45) is 0 Å². The fourth-order valence-electron chi connectivity index (χ4n) is 2.94. The average molecular weight is 310 g/mol. The lowest BCUT2D eigenvalue weighted by Crippen LogP contribution is -2.10. The van der Waals surface area contributed by atoms with Crippen molar-refractivity contribution in [1.29, 1.82) is 0 Å². The zero-order valence-corrected chi connectivity index (χ0v) is 13.8. The zero-order valence-electron chi connectivity index (χ0n) is 12.1. The van der Waals surface area contributed by atoms with Gasteiger partial charge in [0.2, 0.25) is 0 Å². The van der Waals surface area contributed by atoms with Crippen LogP contribution in [0.2, 0.25) is 0 Å². The van der Waals surface area contributed by atoms with Crippen molar-refractivity contribution < 1.29 is 0 Å². The molecule has 0 N–H and O–H groups in total. The summed E-state index contributed by atoms with van der Waals surface area (Å²) in [6.07, 6.45) is 14.9. The Balaban J connectivity index is 1.68. The number of fused-ring (bicyclic) bond motifs is 2. The molecule has 21 heavy (non-hydrogen) atoms. The van der Waals surface area contributed by atoms with E-state index in [0.29, 0.717) is 5.25 Å². The molecule has 0 aromatic heterocycles. The van der Waals surface area contributed by atoms with Crippen molar-refractivity contribution in [3.8, 4) is 0 Å². The van der Waals surface area contributed by atoms with Gasteiger partial charge < -0.3 is 0 Å². The Bertz CT molecular complexity index is 704. The number of hydrogen-bond donors (Lipinski definition) is 0. The summed E-state index contributed by atoms with van der Waals surface area (Å²) in [5.41, 5.74) is 4.37. The van der Waals surface area contributed by atoms with E-state index in [1.165, 1.54) is 50.7 Å². The molecule has 0 spiro atoms. The van der Waals surface area contributed by atoms with E-state index >= 15 is 0 Å². The van der Waals surface area contributed by atoms with Crippen LogP contribution in [-0.4, -0.2) is 5.25 Å². The van der Waals surface area contributed by atoms with E-state index in [4.69, 9.17) is 0 Å². The molecule has 2 heteroatoms. The molecule has 2 aliphatic carbocycles. The van der Waals surface area contributed by atoms with Gasteiger partial charge in [0.1, 0.15) is 0 Å². The molecule has 0 bridgehead atoms. The summed E-state index contributed by atoms with van der Waals surface area (Å²) in [6, 6.07) is 7.02. The maximum Gasteiger partial charge on any atom is 0.0442 e. The number of thioether (sulfide) groups is 2. The second kappa shape index (κ2) is 5.58. The van der Waals surface area contributed by atoms with Gasteiger partial charge in [-0.25, -0.2) is 0 Å². The molecular formula is C19H18S2. The molecule has 0 radical (unpaired) electrons. The van der Waals surface area contributed by atoms with Crippen molar-refractivity contribution in [3.63, 3.8) is 0 Å². The smallest absolute Gasteiger partial charge is 0.0442 e. The van der Waals surface area contributed by atoms with Crippen LogP contribution in [0, 0.1) is 0 Å². The molecule has 1 aliphatic heterocycles. The molecule has 1 aromatic rings. The fraction of sp³-hybridized carbons (Fsp3) is 0.263. The highest BCUT2D eigenvalue weighted by atomic mass is 32.2. The van der Waals surface area contributed by atoms with Gasteiger partial charge in [-0.2, -0.15) is 0 Å². The summed E-state index contributed by atoms with van der Waals surface area (Å²) < 4.78 is 0. The Morgan fingerprint density at radius 3 is 2.86 bits per heavy atom. The van der Waals surface area contributed by atoms with Crippen molar-refractivity contribution in [1.82, 2.24) is 0 Å². The van der Waals surface area contributed by atoms with Gasteiger partial charge in [-0.05, 0) is 49.5 Å². The molecule has 1 atom stereocenters. The van der Waals surface area contributed by atoms with Gasteiger partial charge in [0.15, 0.2) is 0 Å². The molecule has 4 rings (SSSR count). The van der Waals surface area contributed by atoms with Crippen LogP contribution in [0.3, 0.4) is 0 Å². The van der Waals surface area contributed by atoms with Crippen molar-refractivity contribution in [2.75, 3.05) is 0 Å². The molecule has 106 valence electrons. The van der Waals surface area contributed by atoms with Crippen molar-refractivity contribution >= 4 is 29.1 Å². The van der Waals surface area contributed by atoms with Crippen LogP contribution in [-0.2, 0) is 0 Å². The average Bonchev–Trinajstić information content (AvgIpc) is 2.53. The topological polar surface area (TPSA) is 0 Å². The van der Waals surface area contributed by atoms with Crippen LogP contribution < -0.4 is 0 Å². The Morgan fingerprint density at radius 2 is 2.00 bits per heavy atom. The van der Waals surface area contributed by atoms with Gasteiger partial charge in [-0.3, -0.25) is 0 Å². The van der Waals surface area contributed by atoms with Crippen molar-refractivity contribution in [2.45, 2.75) is 41.2 Å². The molecule has 0 saturated carbocycles. The second-order valence-electron chi connectivity index (χ2n) is 5.81. The summed E-state index contributed by atoms with van der Waals surface area (Å²) in [5.74, 6) is 0. The highest BCUT2D eigenvalue weighted by molar-refractivity contribution is 8.08. The SMILES string of the molecule is CC1=CC=C(c2ccc3c(c2)SC2=CC=CCC2S3)CC1. The van der Waals surface area contributed by atoms with Crippen LogP contribution in [0.15, 0.2) is 68.8 Å². The summed E-state index contributed by atoms with van der Waals surface area (Å²) >= 11 is 3.99. The van der Waals surface area contributed by atoms with Gasteiger partial charge in [0, 0.05) is 19.9 Å². The molecular weight excluding hydrogens is 292 g/mol. The maximum absolute atomic E-state index is 2.39. The highest BCUT2D eigenvalue weighted by Crippen LogP contribution is 2.50. The number of hydrogen-bond acceptors (Lipinski definition) is 2. The van der Waals surface area contributed by atoms with E-state index in [2.05, 4.69) is 55.5 Å². The molecule has 1 aromatic carbocycles. The minimum atomic E-state index is 0.637. The summed E-state index contributed by atoms with van der Waals surface area (Å²) in [4.78, 5) is 4.40. The molecule has 0 saturated heterocycles. The van der Waals surface area contributed by atoms with Crippen LogP contribution in [0.4, 0.5) is 0 Å². The van der Waals surface area contributed by atoms with E-state index in [1.54, 1.807) is 0 Å². The van der Waals surface area contributed by atoms with Gasteiger partial charge >= 0.3 is 0 Å². The Hall–Kier alpha value is -1.12. The van der Waals surface area contributed by atoms with Gasteiger partial charge in [0.05, 0.1) is 0 Å². The summed E-state index contributed by atoms with van der Waals surface area (Å²) in [5, 5.41) is 0.637. The lowest BCUT2D eigenvalue weighted by molar-refractivity contribution is 0.974. The van der Waals surface area contributed by atoms with Crippen molar-refractivity contribution in [3.05, 3.63) is 64.6 Å². The van der Waals surface area contributed by atoms with E-state index in [0.717, 1.165) is 0 Å². The zero-order chi connectivity index (χ0) is 14.2. The summed E-state index contributed by atoms with van der Waals surface area (Å²) in [7, 11) is 0. The Morgan fingerprint density at radius 1 is 1.05 bits per heavy atom. The lowest BCUT2D eigenvalue weighted by atomic mass is 9.94. The predicted molar refractivity (Wildman–Crippen MR) is 94.8 cm³/mol. The third kappa shape index (κ3) is 2.67. The highest BCUT2D eigenvalue weighted by Gasteiger charge is 2.25. The largest absolute Gasteiger partial charge is 0.116 e. The first-order chi connectivity index (χ1) is 10.3. The second-order valence-corrected chi connectivity index (χ2v) is 8.17. The van der Waals surface area contributed by atoms with Gasteiger partial charge in [-0.15, -0.1) is 11.8 Å². The number of rotatable bonds is 1. The Kier molecular flexibility index (Phi) is 3.60. The van der Waals surface area contributed by atoms with E-state index in [9.17, 15) is 0 Å². The first-order valence-electron chi connectivity index (χ1n) is 7.51. The quantitative estimate of drug-likeness (QED) is 0.604. The first-order valence-corrected chi connectivity index (χ1v) is 9.21. The first kappa shape index (κ1) is 13.5. The lowest BCUT2D eigenvalue weighted by Gasteiger charge is -2.27. The molecule has 0 nitrogen and oxygen atoms in total. The molecule has 1 heterocycles. The molecule has 1 unspecified atom stereocenters. The van der Waals surface area contributed by atoms with Gasteiger partial charge in [0.25, 0.3) is 0 Å². The molecule has 3 aliphatic rings. The fourth-order valence-corrected chi connectivity index (χ4v) is 5.51. The third-order valence-electron chi connectivity index (χ3n) is 4.23. The van der Waals surface area contributed by atoms with E-state index in [-0.39, 0.29) is 0 Å². The standard InChI is InChI=1S/C19H18S2/c1-13-6-8-14(9-7-13)15-10-11-18-19(12-15)21-17-5-3-2-4-16(17)20-18/h2-3,5-6,8,10-12,16H,4,7,9H2,1H3. The number of benzene rings is 1. The van der Waals surface area contributed by atoms with Crippen LogP contribution in [0.1, 0.15) is 31.7 Å². The summed E-state index contributed by atoms with van der Waals surface area (Å²) in [6.45, 7) is 2.22. The number of allylic oxidation sites excluding steroid dienone is 7. The van der Waals surface area contributed by atoms with E-state index < -0.39 is 0 Å². The molecule has 0 fully saturated rings. The third-order valence-corrected chi connectivity index (χ3v) is 7.07. The monoisotopic (exact) mass is 310 g/mol. The van der Waals surface area contributed by atoms with E-state index in [1.807, 2.05) is 23.5 Å². The minimum Gasteiger partial charge on any atom is -0.116 e. The normalized spacial score (nSPS) is 23.7. The van der Waals surface area contributed by atoms with Crippen LogP contribution in [0.5, 0.6) is 0 Å². The van der Waals surface area contributed by atoms with Crippen LogP contribution >= 0.6 is 23.5 Å². The van der Waals surface area contributed by atoms with Gasteiger partial charge in [-0.1, -0.05) is 53.8 Å².